The zero-order valence-corrected chi connectivity index (χ0v) is 13.0. The van der Waals surface area contributed by atoms with Gasteiger partial charge >= 0.3 is 6.61 Å². The highest BCUT2D eigenvalue weighted by Crippen LogP contribution is 2.28. The van der Waals surface area contributed by atoms with Crippen LogP contribution >= 0.6 is 0 Å². The van der Waals surface area contributed by atoms with E-state index in [9.17, 15) is 17.2 Å². The minimum atomic E-state index is -3.08. The average Bonchev–Trinajstić information content (AvgIpc) is 2.37. The number of benzene rings is 1. The molecule has 0 aliphatic heterocycles. The first-order valence-corrected chi connectivity index (χ1v) is 8.58. The third-order valence-electron chi connectivity index (χ3n) is 2.92. The molecule has 0 radical (unpaired) electrons. The molecule has 0 saturated carbocycles. The van der Waals surface area contributed by atoms with Gasteiger partial charge in [-0.1, -0.05) is 0 Å². The second-order valence-electron chi connectivity index (χ2n) is 4.93. The number of rotatable bonds is 6. The molecule has 0 spiro atoms. The monoisotopic (exact) mass is 330 g/mol. The van der Waals surface area contributed by atoms with Crippen LogP contribution in [0.3, 0.4) is 0 Å². The number of nitrogens with one attached hydrogen (secondary N) is 1. The molecule has 0 saturated heterocycles. The summed E-state index contributed by atoms with van der Waals surface area (Å²) in [4.78, 5) is 4.31. The number of anilines is 1. The zero-order valence-electron chi connectivity index (χ0n) is 12.1. The molecule has 0 amide bonds. The zero-order chi connectivity index (χ0) is 16.3. The molecule has 2 aromatic rings. The van der Waals surface area contributed by atoms with E-state index < -0.39 is 16.4 Å². The van der Waals surface area contributed by atoms with Crippen LogP contribution in [0.4, 0.5) is 14.5 Å². The van der Waals surface area contributed by atoms with Crippen LogP contribution in [-0.2, 0) is 9.84 Å². The lowest BCUT2D eigenvalue weighted by Crippen LogP contribution is -2.14. The van der Waals surface area contributed by atoms with E-state index in [-0.39, 0.29) is 18.0 Å². The van der Waals surface area contributed by atoms with E-state index >= 15 is 0 Å². The molecule has 5 nitrogen and oxygen atoms in total. The lowest BCUT2D eigenvalue weighted by atomic mass is 10.1. The lowest BCUT2D eigenvalue weighted by Gasteiger charge is -2.12. The standard InChI is InChI=1S/C14H16F2N2O3S/c1-9-7-13(17-5-6-22(2,19)20)11-8-10(21-14(15)16)3-4-12(11)18-9/h3-4,7-8,14H,5-6H2,1-2H3,(H,17,18). The normalized spacial score (nSPS) is 11.9. The first-order chi connectivity index (χ1) is 10.2. The van der Waals surface area contributed by atoms with Crippen molar-refractivity contribution in [2.24, 2.45) is 0 Å². The van der Waals surface area contributed by atoms with Crippen LogP contribution in [0.25, 0.3) is 10.9 Å². The molecular formula is C14H16F2N2O3S. The number of aromatic nitrogens is 1. The molecule has 1 heterocycles. The fourth-order valence-corrected chi connectivity index (χ4v) is 2.50. The van der Waals surface area contributed by atoms with Gasteiger partial charge in [-0.15, -0.1) is 0 Å². The smallest absolute Gasteiger partial charge is 0.387 e. The molecule has 0 aliphatic rings. The van der Waals surface area contributed by atoms with Gasteiger partial charge in [0.15, 0.2) is 0 Å². The molecule has 22 heavy (non-hydrogen) atoms. The van der Waals surface area contributed by atoms with Crippen molar-refractivity contribution in [1.29, 1.82) is 0 Å². The Morgan fingerprint density at radius 1 is 1.32 bits per heavy atom. The van der Waals surface area contributed by atoms with Crippen molar-refractivity contribution in [3.8, 4) is 5.75 Å². The summed E-state index contributed by atoms with van der Waals surface area (Å²) in [6.07, 6.45) is 1.15. The Morgan fingerprint density at radius 3 is 2.68 bits per heavy atom. The molecule has 0 atom stereocenters. The number of hydrogen-bond donors (Lipinski definition) is 1. The SMILES string of the molecule is Cc1cc(NCCS(C)(=O)=O)c2cc(OC(F)F)ccc2n1. The molecule has 1 aromatic heterocycles. The van der Waals surface area contributed by atoms with Gasteiger partial charge in [0.2, 0.25) is 0 Å². The molecule has 0 aliphatic carbocycles. The van der Waals surface area contributed by atoms with Crippen LogP contribution < -0.4 is 10.1 Å². The van der Waals surface area contributed by atoms with Crippen LogP contribution in [0, 0.1) is 6.92 Å². The molecule has 2 rings (SSSR count). The van der Waals surface area contributed by atoms with Crippen molar-refractivity contribution in [2.75, 3.05) is 23.9 Å². The minimum absolute atomic E-state index is 0.0247. The van der Waals surface area contributed by atoms with Crippen molar-refractivity contribution < 1.29 is 21.9 Å². The van der Waals surface area contributed by atoms with Gasteiger partial charge < -0.3 is 10.1 Å². The molecule has 120 valence electrons. The van der Waals surface area contributed by atoms with E-state index in [1.54, 1.807) is 19.1 Å². The maximum atomic E-state index is 12.3. The maximum Gasteiger partial charge on any atom is 0.387 e. The van der Waals surface area contributed by atoms with Gasteiger partial charge in [0.25, 0.3) is 0 Å². The number of fused-ring (bicyclic) bond motifs is 1. The van der Waals surface area contributed by atoms with Gasteiger partial charge in [0.1, 0.15) is 15.6 Å². The van der Waals surface area contributed by atoms with Gasteiger partial charge in [-0.2, -0.15) is 8.78 Å². The van der Waals surface area contributed by atoms with E-state index in [0.29, 0.717) is 16.6 Å². The predicted octanol–water partition coefficient (Wildman–Crippen LogP) is 2.60. The van der Waals surface area contributed by atoms with Gasteiger partial charge in [-0.3, -0.25) is 4.98 Å². The van der Waals surface area contributed by atoms with Crippen molar-refractivity contribution in [3.63, 3.8) is 0 Å². The number of aryl methyl sites for hydroxylation is 1. The number of pyridine rings is 1. The fourth-order valence-electron chi connectivity index (χ4n) is 2.03. The van der Waals surface area contributed by atoms with Crippen molar-refractivity contribution >= 4 is 26.4 Å². The number of hydrogen-bond acceptors (Lipinski definition) is 5. The van der Waals surface area contributed by atoms with Crippen LogP contribution in [0.1, 0.15) is 5.69 Å². The molecule has 0 unspecified atom stereocenters. The number of alkyl halides is 2. The molecule has 1 aromatic carbocycles. The summed E-state index contributed by atoms with van der Waals surface area (Å²) < 4.78 is 51.3. The summed E-state index contributed by atoms with van der Waals surface area (Å²) in [5.74, 6) is 0.00243. The highest BCUT2D eigenvalue weighted by molar-refractivity contribution is 7.90. The predicted molar refractivity (Wildman–Crippen MR) is 81.3 cm³/mol. The van der Waals surface area contributed by atoms with Crippen LogP contribution in [-0.4, -0.2) is 38.6 Å². The summed E-state index contributed by atoms with van der Waals surface area (Å²) >= 11 is 0. The first-order valence-electron chi connectivity index (χ1n) is 6.52. The Hall–Kier alpha value is -1.96. The number of nitrogens with zero attached hydrogens (tertiary/aromatic N) is 1. The van der Waals surface area contributed by atoms with Crippen molar-refractivity contribution in [2.45, 2.75) is 13.5 Å². The third kappa shape index (κ3) is 4.52. The van der Waals surface area contributed by atoms with Crippen LogP contribution in [0.15, 0.2) is 24.3 Å². The number of ether oxygens (including phenoxy) is 1. The first kappa shape index (κ1) is 16.4. The maximum absolute atomic E-state index is 12.3. The Morgan fingerprint density at radius 2 is 2.05 bits per heavy atom. The average molecular weight is 330 g/mol. The lowest BCUT2D eigenvalue weighted by molar-refractivity contribution is -0.0497. The third-order valence-corrected chi connectivity index (χ3v) is 3.87. The molecule has 8 heteroatoms. The van der Waals surface area contributed by atoms with E-state index in [4.69, 9.17) is 0 Å². The van der Waals surface area contributed by atoms with Crippen LogP contribution in [0.5, 0.6) is 5.75 Å². The Kier molecular flexibility index (Phi) is 4.80. The Balaban J connectivity index is 2.33. The minimum Gasteiger partial charge on any atom is -0.435 e. The van der Waals surface area contributed by atoms with Crippen molar-refractivity contribution in [1.82, 2.24) is 4.98 Å². The fraction of sp³-hybridized carbons (Fsp3) is 0.357. The topological polar surface area (TPSA) is 68.3 Å². The van der Waals surface area contributed by atoms with E-state index in [1.165, 1.54) is 12.1 Å². The van der Waals surface area contributed by atoms with Gasteiger partial charge in [0.05, 0.1) is 11.3 Å². The number of sulfone groups is 1. The highest BCUT2D eigenvalue weighted by Gasteiger charge is 2.10. The molecule has 0 fully saturated rings. The van der Waals surface area contributed by atoms with Gasteiger partial charge in [-0.05, 0) is 31.2 Å². The second kappa shape index (κ2) is 6.43. The van der Waals surface area contributed by atoms with Crippen LogP contribution in [0.2, 0.25) is 0 Å². The summed E-state index contributed by atoms with van der Waals surface area (Å²) in [7, 11) is -3.08. The van der Waals surface area contributed by atoms with Gasteiger partial charge in [0, 0.05) is 29.6 Å². The Bertz CT molecular complexity index is 779. The summed E-state index contributed by atoms with van der Waals surface area (Å²) in [5.41, 5.74) is 1.98. The van der Waals surface area contributed by atoms with E-state index in [0.717, 1.165) is 11.9 Å². The largest absolute Gasteiger partial charge is 0.435 e. The number of halogens is 2. The van der Waals surface area contributed by atoms with E-state index in [2.05, 4.69) is 15.0 Å². The second-order valence-corrected chi connectivity index (χ2v) is 7.19. The summed E-state index contributed by atoms with van der Waals surface area (Å²) in [6, 6.07) is 6.19. The van der Waals surface area contributed by atoms with Crippen molar-refractivity contribution in [3.05, 3.63) is 30.0 Å². The quantitative estimate of drug-likeness (QED) is 0.882. The van der Waals surface area contributed by atoms with E-state index in [1.807, 2.05) is 0 Å². The van der Waals surface area contributed by atoms with Gasteiger partial charge in [-0.25, -0.2) is 8.42 Å². The highest BCUT2D eigenvalue weighted by atomic mass is 32.2. The summed E-state index contributed by atoms with van der Waals surface area (Å²) in [6.45, 7) is -0.889. The summed E-state index contributed by atoms with van der Waals surface area (Å²) in [5, 5.41) is 3.60. The molecule has 1 N–H and O–H groups in total. The molecule has 0 bridgehead atoms. The Labute approximate surface area is 127 Å². The molecular weight excluding hydrogens is 314 g/mol.